The van der Waals surface area contributed by atoms with Crippen molar-refractivity contribution in [2.45, 2.75) is 13.3 Å². The summed E-state index contributed by atoms with van der Waals surface area (Å²) in [4.78, 5) is 23.2. The van der Waals surface area contributed by atoms with Gasteiger partial charge in [0.15, 0.2) is 5.82 Å². The summed E-state index contributed by atoms with van der Waals surface area (Å²) < 4.78 is 5.20. The summed E-state index contributed by atoms with van der Waals surface area (Å²) in [6, 6.07) is 0. The molecular formula is C14H25N5O2. The molecule has 0 aliphatic carbocycles. The van der Waals surface area contributed by atoms with Crippen LogP contribution >= 0.6 is 0 Å². The fourth-order valence-electron chi connectivity index (χ4n) is 2.67. The van der Waals surface area contributed by atoms with E-state index in [0.29, 0.717) is 24.0 Å². The highest BCUT2D eigenvalue weighted by atomic mass is 16.5. The molecule has 1 aromatic rings. The van der Waals surface area contributed by atoms with E-state index in [0.717, 1.165) is 39.1 Å². The summed E-state index contributed by atoms with van der Waals surface area (Å²) in [5, 5.41) is 0. The molecule has 2 rings (SSSR count). The van der Waals surface area contributed by atoms with Gasteiger partial charge in [-0.2, -0.15) is 0 Å². The van der Waals surface area contributed by atoms with Crippen molar-refractivity contribution in [2.75, 3.05) is 51.3 Å². The maximum absolute atomic E-state index is 11.8. The number of anilines is 1. The van der Waals surface area contributed by atoms with E-state index >= 15 is 0 Å². The second-order valence-corrected chi connectivity index (χ2v) is 5.57. The molecule has 0 bridgehead atoms. The predicted molar refractivity (Wildman–Crippen MR) is 82.9 cm³/mol. The maximum Gasteiger partial charge on any atom is 0.295 e. The zero-order valence-corrected chi connectivity index (χ0v) is 12.8. The standard InChI is InChI=1S/C14H25N5O2/c1-11(8-15)9-18-4-3-5-19(7-6-18)13-12(21-2)14(20)17-10-16-13/h10-11H,3-9,15H2,1-2H3,(H,16,17,20). The number of H-pyrrole nitrogens is 1. The maximum atomic E-state index is 11.8. The van der Waals surface area contributed by atoms with Gasteiger partial charge in [-0.1, -0.05) is 6.92 Å². The Balaban J connectivity index is 2.06. The van der Waals surface area contributed by atoms with E-state index in [1.807, 2.05) is 0 Å². The van der Waals surface area contributed by atoms with Gasteiger partial charge in [0.25, 0.3) is 5.56 Å². The Kier molecular flexibility index (Phi) is 5.58. The van der Waals surface area contributed by atoms with Crippen molar-refractivity contribution in [1.82, 2.24) is 14.9 Å². The average Bonchev–Trinajstić information content (AvgIpc) is 2.72. The van der Waals surface area contributed by atoms with E-state index < -0.39 is 0 Å². The molecule has 118 valence electrons. The van der Waals surface area contributed by atoms with E-state index in [-0.39, 0.29) is 5.56 Å². The minimum absolute atomic E-state index is 0.236. The normalized spacial score (nSPS) is 18.3. The first-order chi connectivity index (χ1) is 10.2. The van der Waals surface area contributed by atoms with Gasteiger partial charge in [-0.15, -0.1) is 0 Å². The smallest absolute Gasteiger partial charge is 0.295 e. The third kappa shape index (κ3) is 3.95. The molecule has 3 N–H and O–H groups in total. The number of nitrogens with zero attached hydrogens (tertiary/aromatic N) is 3. The highest BCUT2D eigenvalue weighted by Crippen LogP contribution is 2.21. The molecule has 7 heteroatoms. The molecule has 0 spiro atoms. The highest BCUT2D eigenvalue weighted by Gasteiger charge is 2.21. The number of methoxy groups -OCH3 is 1. The Morgan fingerprint density at radius 2 is 2.24 bits per heavy atom. The summed E-state index contributed by atoms with van der Waals surface area (Å²) in [6.45, 7) is 7.61. The molecular weight excluding hydrogens is 270 g/mol. The van der Waals surface area contributed by atoms with Gasteiger partial charge in [-0.3, -0.25) is 4.79 Å². The molecule has 7 nitrogen and oxygen atoms in total. The quantitative estimate of drug-likeness (QED) is 0.788. The lowest BCUT2D eigenvalue weighted by molar-refractivity contribution is 0.255. The average molecular weight is 295 g/mol. The van der Waals surface area contributed by atoms with E-state index in [4.69, 9.17) is 10.5 Å². The van der Waals surface area contributed by atoms with Crippen LogP contribution in [0.15, 0.2) is 11.1 Å². The van der Waals surface area contributed by atoms with Crippen LogP contribution in [0.4, 0.5) is 5.82 Å². The minimum Gasteiger partial charge on any atom is -0.489 e. The summed E-state index contributed by atoms with van der Waals surface area (Å²) >= 11 is 0. The van der Waals surface area contributed by atoms with Crippen LogP contribution in [0.3, 0.4) is 0 Å². The van der Waals surface area contributed by atoms with Crippen LogP contribution in [0.25, 0.3) is 0 Å². The van der Waals surface area contributed by atoms with E-state index in [2.05, 4.69) is 26.7 Å². The molecule has 2 heterocycles. The van der Waals surface area contributed by atoms with Crippen LogP contribution in [0.5, 0.6) is 5.75 Å². The molecule has 0 aromatic carbocycles. The van der Waals surface area contributed by atoms with Gasteiger partial charge in [0.05, 0.1) is 13.4 Å². The van der Waals surface area contributed by atoms with E-state index in [1.54, 1.807) is 0 Å². The van der Waals surface area contributed by atoms with Crippen molar-refractivity contribution in [1.29, 1.82) is 0 Å². The Hall–Kier alpha value is -1.60. The molecule has 1 saturated heterocycles. The molecule has 1 unspecified atom stereocenters. The SMILES string of the molecule is COc1c(N2CCCN(CC(C)CN)CC2)nc[nH]c1=O. The predicted octanol–water partition coefficient (Wildman–Crippen LogP) is -0.115. The lowest BCUT2D eigenvalue weighted by Crippen LogP contribution is -2.35. The monoisotopic (exact) mass is 295 g/mol. The first-order valence-corrected chi connectivity index (χ1v) is 7.44. The zero-order valence-electron chi connectivity index (χ0n) is 12.8. The third-order valence-corrected chi connectivity index (χ3v) is 3.86. The van der Waals surface area contributed by atoms with Crippen LogP contribution < -0.4 is 20.9 Å². The number of aromatic nitrogens is 2. The number of hydrogen-bond donors (Lipinski definition) is 2. The van der Waals surface area contributed by atoms with Crippen LogP contribution in [0.1, 0.15) is 13.3 Å². The summed E-state index contributed by atoms with van der Waals surface area (Å²) in [5.74, 6) is 1.43. The molecule has 0 amide bonds. The Morgan fingerprint density at radius 1 is 1.43 bits per heavy atom. The van der Waals surface area contributed by atoms with Crippen molar-refractivity contribution in [2.24, 2.45) is 11.7 Å². The number of rotatable bonds is 5. The fourth-order valence-corrected chi connectivity index (χ4v) is 2.67. The Labute approximate surface area is 125 Å². The van der Waals surface area contributed by atoms with Crippen LogP contribution in [-0.4, -0.2) is 61.2 Å². The first kappa shape index (κ1) is 15.8. The number of nitrogens with one attached hydrogen (secondary N) is 1. The highest BCUT2D eigenvalue weighted by molar-refractivity contribution is 5.50. The Bertz CT molecular complexity index is 504. The van der Waals surface area contributed by atoms with Crippen molar-refractivity contribution in [3.63, 3.8) is 0 Å². The molecule has 1 aromatic heterocycles. The van der Waals surface area contributed by atoms with Crippen molar-refractivity contribution in [3.05, 3.63) is 16.7 Å². The Morgan fingerprint density at radius 3 is 2.95 bits per heavy atom. The van der Waals surface area contributed by atoms with Crippen molar-refractivity contribution in [3.8, 4) is 5.75 Å². The third-order valence-electron chi connectivity index (χ3n) is 3.86. The molecule has 1 aliphatic heterocycles. The van der Waals surface area contributed by atoms with Crippen molar-refractivity contribution < 1.29 is 4.74 Å². The second kappa shape index (κ2) is 7.42. The largest absolute Gasteiger partial charge is 0.489 e. The van der Waals surface area contributed by atoms with Gasteiger partial charge in [0, 0.05) is 26.2 Å². The molecule has 1 atom stereocenters. The van der Waals surface area contributed by atoms with Gasteiger partial charge in [-0.05, 0) is 25.4 Å². The lowest BCUT2D eigenvalue weighted by Gasteiger charge is -2.24. The molecule has 1 fully saturated rings. The molecule has 1 aliphatic rings. The van der Waals surface area contributed by atoms with Gasteiger partial charge in [0.1, 0.15) is 0 Å². The van der Waals surface area contributed by atoms with Crippen molar-refractivity contribution >= 4 is 5.82 Å². The number of hydrogen-bond acceptors (Lipinski definition) is 6. The number of nitrogens with two attached hydrogens (primary N) is 1. The first-order valence-electron chi connectivity index (χ1n) is 7.44. The molecule has 0 radical (unpaired) electrons. The summed E-state index contributed by atoms with van der Waals surface area (Å²) in [6.07, 6.45) is 2.47. The number of aromatic amines is 1. The lowest BCUT2D eigenvalue weighted by atomic mass is 10.1. The molecule has 21 heavy (non-hydrogen) atoms. The zero-order chi connectivity index (χ0) is 15.2. The summed E-state index contributed by atoms with van der Waals surface area (Å²) in [7, 11) is 1.50. The van der Waals surface area contributed by atoms with Gasteiger partial charge < -0.3 is 25.3 Å². The fraction of sp³-hybridized carbons (Fsp3) is 0.714. The molecule has 0 saturated carbocycles. The topological polar surface area (TPSA) is 87.5 Å². The van der Waals surface area contributed by atoms with Crippen LogP contribution in [-0.2, 0) is 0 Å². The van der Waals surface area contributed by atoms with Gasteiger partial charge >= 0.3 is 0 Å². The van der Waals surface area contributed by atoms with E-state index in [1.165, 1.54) is 13.4 Å². The van der Waals surface area contributed by atoms with E-state index in [9.17, 15) is 4.79 Å². The minimum atomic E-state index is -0.236. The van der Waals surface area contributed by atoms with Gasteiger partial charge in [0.2, 0.25) is 5.75 Å². The van der Waals surface area contributed by atoms with Crippen LogP contribution in [0.2, 0.25) is 0 Å². The second-order valence-electron chi connectivity index (χ2n) is 5.57. The van der Waals surface area contributed by atoms with Crippen LogP contribution in [0, 0.1) is 5.92 Å². The summed E-state index contributed by atoms with van der Waals surface area (Å²) in [5.41, 5.74) is 5.46. The van der Waals surface area contributed by atoms with Gasteiger partial charge in [-0.25, -0.2) is 4.98 Å². The number of ether oxygens (including phenoxy) is 1.